The fourth-order valence-corrected chi connectivity index (χ4v) is 4.59. The van der Waals surface area contributed by atoms with Crippen LogP contribution in [0.3, 0.4) is 0 Å². The Labute approximate surface area is 198 Å². The van der Waals surface area contributed by atoms with E-state index in [1.54, 1.807) is 0 Å². The fourth-order valence-electron chi connectivity index (χ4n) is 3.16. The van der Waals surface area contributed by atoms with Gasteiger partial charge < -0.3 is 19.7 Å². The number of aliphatic hydroxyl groups is 2. The van der Waals surface area contributed by atoms with Crippen LogP contribution in [0, 0.1) is 0 Å². The molecule has 4 atom stereocenters. The molecular weight excluding hydrogens is 594 g/mol. The first-order valence-electron chi connectivity index (χ1n) is 9.33. The maximum absolute atomic E-state index is 10.7. The number of benzene rings is 2. The van der Waals surface area contributed by atoms with Gasteiger partial charge in [-0.1, -0.05) is 60.7 Å². The van der Waals surface area contributed by atoms with Gasteiger partial charge in [-0.2, -0.15) is 0 Å². The van der Waals surface area contributed by atoms with Crippen molar-refractivity contribution in [2.45, 2.75) is 44.1 Å². The largest absolute Gasteiger partial charge is 0.383 e. The molecular formula is C23H24I2O4. The predicted octanol–water partition coefficient (Wildman–Crippen LogP) is 5.61. The van der Waals surface area contributed by atoms with Crippen molar-refractivity contribution in [3.05, 3.63) is 91.1 Å². The Morgan fingerprint density at radius 2 is 1.14 bits per heavy atom. The predicted molar refractivity (Wildman–Crippen MR) is 131 cm³/mol. The minimum Gasteiger partial charge on any atom is -0.383 e. The van der Waals surface area contributed by atoms with Crippen molar-refractivity contribution in [3.8, 4) is 0 Å². The summed E-state index contributed by atoms with van der Waals surface area (Å²) < 4.78 is 13.6. The number of ether oxygens (including phenoxy) is 2. The van der Waals surface area contributed by atoms with Crippen LogP contribution in [0.1, 0.15) is 37.2 Å². The van der Waals surface area contributed by atoms with Crippen molar-refractivity contribution in [2.24, 2.45) is 0 Å². The molecule has 0 radical (unpaired) electrons. The fraction of sp³-hybridized carbons (Fsp3) is 0.304. The molecule has 0 bridgehead atoms. The van der Waals surface area contributed by atoms with Crippen molar-refractivity contribution in [1.82, 2.24) is 0 Å². The average molecular weight is 618 g/mol. The second-order valence-corrected chi connectivity index (χ2v) is 9.79. The molecule has 154 valence electrons. The lowest BCUT2D eigenvalue weighted by molar-refractivity contribution is -0.139. The summed E-state index contributed by atoms with van der Waals surface area (Å²) in [7, 11) is 0. The van der Waals surface area contributed by atoms with Gasteiger partial charge >= 0.3 is 0 Å². The molecule has 1 heterocycles. The van der Waals surface area contributed by atoms with Gasteiger partial charge in [0.1, 0.15) is 24.4 Å². The summed E-state index contributed by atoms with van der Waals surface area (Å²) in [6.45, 7) is 3.73. The Bertz CT molecular complexity index is 793. The standard InChI is InChI=1S/C23H24I2O4/c1-23(2)28-19(13-17(24)21(26)15-9-5-3-6-10-15)20(29-23)14-18(25)22(27)16-11-7-4-8-12-16/h3-14,19-22,26-27H,1-2H3/b17-13+,18-14+/t19-,20-,21?,22?/m1/s1. The first kappa shape index (κ1) is 22.9. The molecule has 1 aliphatic rings. The van der Waals surface area contributed by atoms with E-state index in [9.17, 15) is 10.2 Å². The summed E-state index contributed by atoms with van der Waals surface area (Å²) in [6, 6.07) is 19.0. The SMILES string of the molecule is CC1(C)O[C@H](/C=C(/I)C(O)c2ccccc2)[C@@H](/C=C(/I)C(O)c2ccccc2)O1. The molecule has 1 fully saturated rings. The van der Waals surface area contributed by atoms with Gasteiger partial charge in [0.05, 0.1) is 0 Å². The molecule has 6 heteroatoms. The van der Waals surface area contributed by atoms with Crippen molar-refractivity contribution < 1.29 is 19.7 Å². The van der Waals surface area contributed by atoms with Crippen LogP contribution in [-0.4, -0.2) is 28.2 Å². The molecule has 2 N–H and O–H groups in total. The molecule has 2 unspecified atom stereocenters. The van der Waals surface area contributed by atoms with Crippen molar-refractivity contribution in [2.75, 3.05) is 0 Å². The Kier molecular flexibility index (Phi) is 7.91. The Morgan fingerprint density at radius 1 is 0.793 bits per heavy atom. The van der Waals surface area contributed by atoms with Gasteiger partial charge in [-0.05, 0) is 82.3 Å². The smallest absolute Gasteiger partial charge is 0.164 e. The van der Waals surface area contributed by atoms with Gasteiger partial charge in [0.25, 0.3) is 0 Å². The molecule has 1 saturated heterocycles. The molecule has 4 nitrogen and oxygen atoms in total. The Morgan fingerprint density at radius 3 is 1.48 bits per heavy atom. The zero-order chi connectivity index (χ0) is 21.0. The molecule has 2 aromatic rings. The van der Waals surface area contributed by atoms with Crippen LogP contribution >= 0.6 is 45.2 Å². The van der Waals surface area contributed by atoms with E-state index >= 15 is 0 Å². The Balaban J connectivity index is 1.81. The molecule has 3 rings (SSSR count). The van der Waals surface area contributed by atoms with Gasteiger partial charge in [0.2, 0.25) is 0 Å². The van der Waals surface area contributed by atoms with Gasteiger partial charge in [-0.3, -0.25) is 0 Å². The van der Waals surface area contributed by atoms with E-state index in [2.05, 4.69) is 45.2 Å². The van der Waals surface area contributed by atoms with Crippen LogP contribution in [-0.2, 0) is 9.47 Å². The lowest BCUT2D eigenvalue weighted by Crippen LogP contribution is -2.21. The van der Waals surface area contributed by atoms with E-state index in [1.807, 2.05) is 86.7 Å². The number of aliphatic hydroxyl groups excluding tert-OH is 2. The summed E-state index contributed by atoms with van der Waals surface area (Å²) >= 11 is 4.29. The Hall–Kier alpha value is -0.780. The van der Waals surface area contributed by atoms with Crippen LogP contribution in [0.25, 0.3) is 0 Å². The lowest BCUT2D eigenvalue weighted by atomic mass is 10.1. The van der Waals surface area contributed by atoms with Crippen LogP contribution in [0.5, 0.6) is 0 Å². The highest BCUT2D eigenvalue weighted by Crippen LogP contribution is 2.36. The number of halogens is 2. The molecule has 29 heavy (non-hydrogen) atoms. The van der Waals surface area contributed by atoms with Crippen LogP contribution in [0.2, 0.25) is 0 Å². The highest BCUT2D eigenvalue weighted by atomic mass is 127. The number of rotatable bonds is 6. The van der Waals surface area contributed by atoms with E-state index in [-0.39, 0.29) is 12.2 Å². The van der Waals surface area contributed by atoms with E-state index in [1.165, 1.54) is 0 Å². The minimum atomic E-state index is -0.758. The zero-order valence-electron chi connectivity index (χ0n) is 16.2. The van der Waals surface area contributed by atoms with E-state index in [4.69, 9.17) is 9.47 Å². The first-order valence-corrected chi connectivity index (χ1v) is 11.5. The van der Waals surface area contributed by atoms with Crippen LogP contribution in [0.15, 0.2) is 80.0 Å². The minimum absolute atomic E-state index is 0.372. The zero-order valence-corrected chi connectivity index (χ0v) is 20.5. The van der Waals surface area contributed by atoms with Crippen LogP contribution < -0.4 is 0 Å². The molecule has 0 aromatic heterocycles. The summed E-state index contributed by atoms with van der Waals surface area (Å²) in [5.74, 6) is -0.758. The van der Waals surface area contributed by atoms with Gasteiger partial charge in [-0.25, -0.2) is 0 Å². The molecule has 1 aliphatic heterocycles. The van der Waals surface area contributed by atoms with Gasteiger partial charge in [0.15, 0.2) is 5.79 Å². The van der Waals surface area contributed by atoms with Crippen molar-refractivity contribution in [1.29, 1.82) is 0 Å². The summed E-state index contributed by atoms with van der Waals surface area (Å²) in [4.78, 5) is 0. The summed E-state index contributed by atoms with van der Waals surface area (Å²) in [5, 5.41) is 21.3. The topological polar surface area (TPSA) is 58.9 Å². The molecule has 0 saturated carbocycles. The number of hydrogen-bond acceptors (Lipinski definition) is 4. The third-order valence-electron chi connectivity index (χ3n) is 4.56. The second kappa shape index (κ2) is 10.0. The second-order valence-electron chi connectivity index (χ2n) is 7.29. The third kappa shape index (κ3) is 6.11. The average Bonchev–Trinajstić information content (AvgIpc) is 3.00. The van der Waals surface area contributed by atoms with Gasteiger partial charge in [0, 0.05) is 7.16 Å². The monoisotopic (exact) mass is 618 g/mol. The molecule has 0 aliphatic carbocycles. The van der Waals surface area contributed by atoms with Crippen LogP contribution in [0.4, 0.5) is 0 Å². The third-order valence-corrected chi connectivity index (χ3v) is 6.46. The van der Waals surface area contributed by atoms with E-state index in [0.29, 0.717) is 0 Å². The highest BCUT2D eigenvalue weighted by Gasteiger charge is 2.40. The van der Waals surface area contributed by atoms with E-state index < -0.39 is 18.0 Å². The van der Waals surface area contributed by atoms with Gasteiger partial charge in [-0.15, -0.1) is 0 Å². The normalized spacial score (nSPS) is 24.3. The van der Waals surface area contributed by atoms with E-state index in [0.717, 1.165) is 18.3 Å². The first-order chi connectivity index (χ1) is 13.8. The van der Waals surface area contributed by atoms with Crippen molar-refractivity contribution >= 4 is 45.2 Å². The summed E-state index contributed by atoms with van der Waals surface area (Å²) in [6.07, 6.45) is 1.61. The quantitative estimate of drug-likeness (QED) is 0.414. The molecule has 0 amide bonds. The van der Waals surface area contributed by atoms with Crippen molar-refractivity contribution in [3.63, 3.8) is 0 Å². The number of hydrogen-bond donors (Lipinski definition) is 2. The maximum Gasteiger partial charge on any atom is 0.164 e. The summed E-state index contributed by atoms with van der Waals surface area (Å²) in [5.41, 5.74) is 1.65. The lowest BCUT2D eigenvalue weighted by Gasteiger charge is -2.16. The molecule has 0 spiro atoms. The maximum atomic E-state index is 10.7. The highest BCUT2D eigenvalue weighted by molar-refractivity contribution is 14.1. The molecule has 2 aromatic carbocycles.